The molecule has 1 N–H and O–H groups in total. The van der Waals surface area contributed by atoms with Gasteiger partial charge in [0.1, 0.15) is 0 Å². The molecule has 1 fully saturated rings. The molecule has 1 saturated heterocycles. The van der Waals surface area contributed by atoms with E-state index in [1.807, 2.05) is 24.3 Å². The van der Waals surface area contributed by atoms with Crippen LogP contribution in [0.4, 0.5) is 0 Å². The topological polar surface area (TPSA) is 72.1 Å². The number of nitrogens with zero attached hydrogens (tertiary/aromatic N) is 4. The Morgan fingerprint density at radius 1 is 1.22 bits per heavy atom. The fourth-order valence-corrected chi connectivity index (χ4v) is 4.27. The summed E-state index contributed by atoms with van der Waals surface area (Å²) in [6.07, 6.45) is 4.98. The molecule has 4 rings (SSSR count). The van der Waals surface area contributed by atoms with E-state index in [0.717, 1.165) is 49.0 Å². The number of benzene rings is 1. The van der Waals surface area contributed by atoms with E-state index in [-0.39, 0.29) is 17.3 Å². The quantitative estimate of drug-likeness (QED) is 0.795. The molecule has 0 atom stereocenters. The number of piperidine rings is 1. The van der Waals surface area contributed by atoms with Crippen LogP contribution in [0.15, 0.2) is 39.9 Å². The SMILES string of the molecule is CCc1ccc(/C=C2/C(=N)N3N=C(N4CCC(C)CC4)SC3=NC2=O)cc1. The van der Waals surface area contributed by atoms with Crippen LogP contribution in [-0.4, -0.2) is 45.1 Å². The van der Waals surface area contributed by atoms with Crippen molar-refractivity contribution in [1.82, 2.24) is 9.91 Å². The molecule has 3 aliphatic rings. The van der Waals surface area contributed by atoms with E-state index in [0.29, 0.717) is 5.17 Å². The van der Waals surface area contributed by atoms with Crippen LogP contribution in [0.3, 0.4) is 0 Å². The summed E-state index contributed by atoms with van der Waals surface area (Å²) in [5, 5.41) is 15.9. The first kappa shape index (κ1) is 18.0. The van der Waals surface area contributed by atoms with E-state index < -0.39 is 0 Å². The van der Waals surface area contributed by atoms with E-state index >= 15 is 0 Å². The van der Waals surface area contributed by atoms with Gasteiger partial charge in [0.15, 0.2) is 11.0 Å². The van der Waals surface area contributed by atoms with Crippen LogP contribution in [0.2, 0.25) is 0 Å². The number of carbonyl (C=O) groups excluding carboxylic acids is 1. The molecule has 0 spiro atoms. The minimum Gasteiger partial charge on any atom is -0.349 e. The second-order valence-corrected chi connectivity index (χ2v) is 8.10. The first-order chi connectivity index (χ1) is 13.0. The van der Waals surface area contributed by atoms with E-state index in [1.165, 1.54) is 22.3 Å². The van der Waals surface area contributed by atoms with Crippen molar-refractivity contribution in [2.75, 3.05) is 13.1 Å². The third kappa shape index (κ3) is 3.56. The Bertz CT molecular complexity index is 863. The Kier molecular flexibility index (Phi) is 4.86. The molecule has 0 radical (unpaired) electrons. The van der Waals surface area contributed by atoms with Gasteiger partial charge in [-0.25, -0.2) is 0 Å². The maximum absolute atomic E-state index is 12.5. The highest BCUT2D eigenvalue weighted by molar-refractivity contribution is 8.26. The number of fused-ring (bicyclic) bond motifs is 1. The maximum Gasteiger partial charge on any atom is 0.283 e. The number of hydrazone groups is 1. The van der Waals surface area contributed by atoms with E-state index in [1.54, 1.807) is 6.08 Å². The first-order valence-electron chi connectivity index (χ1n) is 9.39. The van der Waals surface area contributed by atoms with Crippen molar-refractivity contribution in [2.24, 2.45) is 16.0 Å². The van der Waals surface area contributed by atoms with Crippen LogP contribution in [0.1, 0.15) is 37.8 Å². The highest BCUT2D eigenvalue weighted by atomic mass is 32.2. The largest absolute Gasteiger partial charge is 0.349 e. The zero-order valence-electron chi connectivity index (χ0n) is 15.6. The maximum atomic E-state index is 12.5. The molecule has 140 valence electrons. The molecule has 0 unspecified atom stereocenters. The second kappa shape index (κ2) is 7.31. The summed E-state index contributed by atoms with van der Waals surface area (Å²) in [6.45, 7) is 6.30. The number of thioether (sulfide) groups is 1. The van der Waals surface area contributed by atoms with Gasteiger partial charge in [-0.1, -0.05) is 38.1 Å². The van der Waals surface area contributed by atoms with Crippen LogP contribution < -0.4 is 0 Å². The lowest BCUT2D eigenvalue weighted by Gasteiger charge is -2.30. The van der Waals surface area contributed by atoms with Gasteiger partial charge in [0.05, 0.1) is 5.57 Å². The zero-order chi connectivity index (χ0) is 19.0. The van der Waals surface area contributed by atoms with Crippen molar-refractivity contribution in [3.63, 3.8) is 0 Å². The highest BCUT2D eigenvalue weighted by Crippen LogP contribution is 2.31. The summed E-state index contributed by atoms with van der Waals surface area (Å²) in [5.74, 6) is 0.459. The van der Waals surface area contributed by atoms with Crippen molar-refractivity contribution in [2.45, 2.75) is 33.1 Å². The van der Waals surface area contributed by atoms with Crippen LogP contribution in [0.5, 0.6) is 0 Å². The predicted molar refractivity (Wildman–Crippen MR) is 111 cm³/mol. The molecule has 0 bridgehead atoms. The smallest absolute Gasteiger partial charge is 0.283 e. The fraction of sp³-hybridized carbons (Fsp3) is 0.400. The van der Waals surface area contributed by atoms with Gasteiger partial charge in [-0.3, -0.25) is 10.2 Å². The molecule has 1 aromatic carbocycles. The summed E-state index contributed by atoms with van der Waals surface area (Å²) in [5.41, 5.74) is 2.41. The third-order valence-electron chi connectivity index (χ3n) is 5.20. The number of amides is 1. The molecule has 27 heavy (non-hydrogen) atoms. The van der Waals surface area contributed by atoms with Gasteiger partial charge in [0.2, 0.25) is 5.17 Å². The monoisotopic (exact) mass is 381 g/mol. The van der Waals surface area contributed by atoms with Crippen LogP contribution >= 0.6 is 11.8 Å². The molecule has 7 heteroatoms. The Labute approximate surface area is 163 Å². The van der Waals surface area contributed by atoms with E-state index in [4.69, 9.17) is 5.41 Å². The Morgan fingerprint density at radius 2 is 1.93 bits per heavy atom. The summed E-state index contributed by atoms with van der Waals surface area (Å²) >= 11 is 1.39. The lowest BCUT2D eigenvalue weighted by Crippen LogP contribution is -2.36. The van der Waals surface area contributed by atoms with Crippen molar-refractivity contribution < 1.29 is 4.79 Å². The normalized spacial score (nSPS) is 22.2. The van der Waals surface area contributed by atoms with E-state index in [2.05, 4.69) is 28.8 Å². The van der Waals surface area contributed by atoms with Gasteiger partial charge in [-0.05, 0) is 54.1 Å². The molecular formula is C20H23N5OS. The molecule has 0 aromatic heterocycles. The molecule has 6 nitrogen and oxygen atoms in total. The third-order valence-corrected chi connectivity index (χ3v) is 6.17. The zero-order valence-corrected chi connectivity index (χ0v) is 16.4. The molecule has 1 aromatic rings. The van der Waals surface area contributed by atoms with Crippen LogP contribution in [-0.2, 0) is 11.2 Å². The van der Waals surface area contributed by atoms with Crippen molar-refractivity contribution in [3.8, 4) is 0 Å². The van der Waals surface area contributed by atoms with Crippen molar-refractivity contribution >= 4 is 39.9 Å². The van der Waals surface area contributed by atoms with Gasteiger partial charge in [-0.15, -0.1) is 5.10 Å². The van der Waals surface area contributed by atoms with Gasteiger partial charge in [-0.2, -0.15) is 10.0 Å². The Morgan fingerprint density at radius 3 is 2.59 bits per heavy atom. The van der Waals surface area contributed by atoms with Crippen LogP contribution in [0, 0.1) is 11.3 Å². The highest BCUT2D eigenvalue weighted by Gasteiger charge is 2.37. The number of amidine groups is 3. The summed E-state index contributed by atoms with van der Waals surface area (Å²) in [7, 11) is 0. The fourth-order valence-electron chi connectivity index (χ4n) is 3.33. The number of carbonyl (C=O) groups is 1. The Balaban J connectivity index is 1.57. The lowest BCUT2D eigenvalue weighted by atomic mass is 10.00. The minimum absolute atomic E-state index is 0.0949. The number of rotatable bonds is 2. The average Bonchev–Trinajstić information content (AvgIpc) is 3.10. The lowest BCUT2D eigenvalue weighted by molar-refractivity contribution is -0.114. The van der Waals surface area contributed by atoms with Crippen LogP contribution in [0.25, 0.3) is 6.08 Å². The molecule has 0 saturated carbocycles. The minimum atomic E-state index is -0.373. The number of likely N-dealkylation sites (tertiary alicyclic amines) is 1. The predicted octanol–water partition coefficient (Wildman–Crippen LogP) is 3.56. The molecule has 3 aliphatic heterocycles. The number of aliphatic imine (C=N–C) groups is 1. The summed E-state index contributed by atoms with van der Waals surface area (Å²) < 4.78 is 0. The molecular weight excluding hydrogens is 358 g/mol. The number of aryl methyl sites for hydroxylation is 1. The van der Waals surface area contributed by atoms with Gasteiger partial charge < -0.3 is 4.90 Å². The number of hydrogen-bond donors (Lipinski definition) is 1. The van der Waals surface area contributed by atoms with Crippen molar-refractivity contribution in [3.05, 3.63) is 41.0 Å². The summed E-state index contributed by atoms with van der Waals surface area (Å²) in [4.78, 5) is 18.9. The molecule has 1 amide bonds. The standard InChI is InChI=1S/C20H23N5OS/c1-3-14-4-6-15(7-5-14)12-16-17(21)25-19(22-18(16)26)27-20(23-25)24-10-8-13(2)9-11-24/h4-7,12-13,21H,3,8-11H2,1-2H3/b16-12-,21-17?. The number of hydrogen-bond acceptors (Lipinski definition) is 5. The summed E-state index contributed by atoms with van der Waals surface area (Å²) in [6, 6.07) is 8.01. The molecule has 0 aliphatic carbocycles. The van der Waals surface area contributed by atoms with Gasteiger partial charge in [0, 0.05) is 13.1 Å². The Hall–Kier alpha value is -2.41. The van der Waals surface area contributed by atoms with Crippen molar-refractivity contribution in [1.29, 1.82) is 5.41 Å². The average molecular weight is 382 g/mol. The number of nitrogens with one attached hydrogen (secondary N) is 1. The first-order valence-corrected chi connectivity index (χ1v) is 10.2. The van der Waals surface area contributed by atoms with E-state index in [9.17, 15) is 4.79 Å². The van der Waals surface area contributed by atoms with Gasteiger partial charge >= 0.3 is 0 Å². The second-order valence-electron chi connectivity index (χ2n) is 7.17. The van der Waals surface area contributed by atoms with Gasteiger partial charge in [0.25, 0.3) is 5.91 Å². The molecule has 3 heterocycles.